The number of nitrogens with two attached hydrogens (primary N) is 1. The van der Waals surface area contributed by atoms with Crippen LogP contribution in [0, 0.1) is 0 Å². The number of rotatable bonds is 2. The van der Waals surface area contributed by atoms with Gasteiger partial charge in [-0.05, 0) is 24.3 Å². The molecule has 1 aromatic heterocycles. The van der Waals surface area contributed by atoms with Crippen molar-refractivity contribution < 1.29 is 9.53 Å². The molecule has 0 spiro atoms. The number of hydrogen-bond acceptors (Lipinski definition) is 3. The number of H-pyrrole nitrogens is 1. The number of pyridine rings is 1. The van der Waals surface area contributed by atoms with Crippen LogP contribution in [-0.4, -0.2) is 18.0 Å². The van der Waals surface area contributed by atoms with Crippen LogP contribution in [0.3, 0.4) is 0 Å². The zero-order valence-corrected chi connectivity index (χ0v) is 10.8. The largest absolute Gasteiger partial charge is 0.495 e. The number of para-hydroxylation sites is 2. The number of aromatic nitrogens is 1. The van der Waals surface area contributed by atoms with Crippen molar-refractivity contribution in [1.29, 1.82) is 0 Å². The molecule has 3 N–H and O–H groups in total. The molecule has 0 aliphatic heterocycles. The summed E-state index contributed by atoms with van der Waals surface area (Å²) < 4.78 is 5.25. The van der Waals surface area contributed by atoms with Crippen molar-refractivity contribution in [1.82, 2.24) is 4.98 Å². The van der Waals surface area contributed by atoms with Crippen molar-refractivity contribution in [3.63, 3.8) is 0 Å². The van der Waals surface area contributed by atoms with E-state index in [4.69, 9.17) is 10.5 Å². The van der Waals surface area contributed by atoms with Gasteiger partial charge in [0.2, 0.25) is 0 Å². The molecule has 0 fully saturated rings. The minimum absolute atomic E-state index is 0.157. The fourth-order valence-electron chi connectivity index (χ4n) is 2.37. The summed E-state index contributed by atoms with van der Waals surface area (Å²) in [4.78, 5) is 27.1. The average Bonchev–Trinajstić information content (AvgIpc) is 2.46. The zero-order chi connectivity index (χ0) is 14.3. The minimum Gasteiger partial charge on any atom is -0.495 e. The molecule has 3 aromatic rings. The van der Waals surface area contributed by atoms with Crippen LogP contribution < -0.4 is 15.9 Å². The van der Waals surface area contributed by atoms with E-state index in [-0.39, 0.29) is 11.0 Å². The van der Waals surface area contributed by atoms with E-state index in [0.717, 1.165) is 0 Å². The van der Waals surface area contributed by atoms with Gasteiger partial charge in [-0.25, -0.2) is 0 Å². The van der Waals surface area contributed by atoms with Gasteiger partial charge in [-0.15, -0.1) is 0 Å². The van der Waals surface area contributed by atoms with Crippen LogP contribution in [0.15, 0.2) is 41.2 Å². The lowest BCUT2D eigenvalue weighted by Crippen LogP contribution is -2.14. The number of aromatic amines is 1. The van der Waals surface area contributed by atoms with Gasteiger partial charge in [0.1, 0.15) is 5.75 Å². The van der Waals surface area contributed by atoms with Gasteiger partial charge < -0.3 is 15.5 Å². The molecule has 0 aliphatic carbocycles. The normalized spacial score (nSPS) is 10.8. The molecule has 2 aromatic carbocycles. The van der Waals surface area contributed by atoms with Crippen molar-refractivity contribution in [2.75, 3.05) is 7.11 Å². The molecule has 20 heavy (non-hydrogen) atoms. The molecule has 0 atom stereocenters. The van der Waals surface area contributed by atoms with E-state index in [1.165, 1.54) is 7.11 Å². The topological polar surface area (TPSA) is 85.2 Å². The van der Waals surface area contributed by atoms with Crippen molar-refractivity contribution >= 4 is 27.7 Å². The molecule has 0 bridgehead atoms. The predicted octanol–water partition coefficient (Wildman–Crippen LogP) is 1.79. The third kappa shape index (κ3) is 1.64. The second kappa shape index (κ2) is 4.38. The summed E-state index contributed by atoms with van der Waals surface area (Å²) >= 11 is 0. The molecule has 5 heteroatoms. The summed E-state index contributed by atoms with van der Waals surface area (Å²) in [5, 5.41) is 0.945. The van der Waals surface area contributed by atoms with Gasteiger partial charge in [-0.3, -0.25) is 9.59 Å². The maximum absolute atomic E-state index is 12.5. The number of benzene rings is 2. The summed E-state index contributed by atoms with van der Waals surface area (Å²) in [5.41, 5.74) is 6.47. The Hall–Kier alpha value is -2.82. The lowest BCUT2D eigenvalue weighted by Gasteiger charge is -2.08. The first-order valence-electron chi connectivity index (χ1n) is 6.05. The van der Waals surface area contributed by atoms with E-state index in [9.17, 15) is 9.59 Å². The smallest absolute Gasteiger partial charge is 0.250 e. The maximum atomic E-state index is 12.5. The predicted molar refractivity (Wildman–Crippen MR) is 77.1 cm³/mol. The van der Waals surface area contributed by atoms with Crippen LogP contribution in [0.2, 0.25) is 0 Å². The van der Waals surface area contributed by atoms with Crippen molar-refractivity contribution in [2.45, 2.75) is 0 Å². The number of carbonyl (C=O) groups excluding carboxylic acids is 1. The third-order valence-electron chi connectivity index (χ3n) is 3.32. The third-order valence-corrected chi connectivity index (χ3v) is 3.32. The monoisotopic (exact) mass is 268 g/mol. The second-order valence-electron chi connectivity index (χ2n) is 4.43. The number of hydrogen-bond donors (Lipinski definition) is 2. The maximum Gasteiger partial charge on any atom is 0.250 e. The molecule has 1 heterocycles. The van der Waals surface area contributed by atoms with Crippen LogP contribution in [0.5, 0.6) is 5.75 Å². The highest BCUT2D eigenvalue weighted by Crippen LogP contribution is 2.24. The summed E-state index contributed by atoms with van der Waals surface area (Å²) in [6, 6.07) is 10.1. The number of amides is 1. The van der Waals surface area contributed by atoms with Crippen LogP contribution in [0.1, 0.15) is 10.4 Å². The Morgan fingerprint density at radius 1 is 1.10 bits per heavy atom. The van der Waals surface area contributed by atoms with Crippen LogP contribution in [0.4, 0.5) is 0 Å². The number of primary amides is 1. The quantitative estimate of drug-likeness (QED) is 0.695. The fraction of sp³-hybridized carbons (Fsp3) is 0.0667. The summed E-state index contributed by atoms with van der Waals surface area (Å²) in [6.45, 7) is 0. The van der Waals surface area contributed by atoms with Gasteiger partial charge in [-0.1, -0.05) is 12.1 Å². The van der Waals surface area contributed by atoms with Crippen molar-refractivity contribution in [3.05, 3.63) is 52.2 Å². The highest BCUT2D eigenvalue weighted by atomic mass is 16.5. The van der Waals surface area contributed by atoms with Gasteiger partial charge in [0.05, 0.1) is 23.7 Å². The van der Waals surface area contributed by atoms with Crippen LogP contribution in [-0.2, 0) is 0 Å². The standard InChI is InChI=1S/C15H12N2O3/c1-20-11-7-3-5-9-13(11)17-12-8(14(9)18)4-2-6-10(12)15(16)19/h2-7H,1H3,(H2,16,19)(H,17,18). The molecular formula is C15H12N2O3. The van der Waals surface area contributed by atoms with Crippen LogP contribution in [0.25, 0.3) is 21.8 Å². The van der Waals surface area contributed by atoms with Gasteiger partial charge >= 0.3 is 0 Å². The summed E-state index contributed by atoms with van der Waals surface area (Å²) in [6.07, 6.45) is 0. The molecule has 0 saturated heterocycles. The number of ether oxygens (including phenoxy) is 1. The van der Waals surface area contributed by atoms with Gasteiger partial charge in [-0.2, -0.15) is 0 Å². The number of nitrogens with one attached hydrogen (secondary N) is 1. The van der Waals surface area contributed by atoms with Crippen molar-refractivity contribution in [2.24, 2.45) is 5.73 Å². The lowest BCUT2D eigenvalue weighted by molar-refractivity contribution is 0.100. The average molecular weight is 268 g/mol. The number of carbonyl (C=O) groups is 1. The van der Waals surface area contributed by atoms with E-state index in [1.54, 1.807) is 36.4 Å². The Labute approximate surface area is 114 Å². The molecule has 0 radical (unpaired) electrons. The highest BCUT2D eigenvalue weighted by Gasteiger charge is 2.13. The Bertz CT molecular complexity index is 897. The Kier molecular flexibility index (Phi) is 2.68. The molecular weight excluding hydrogens is 256 g/mol. The van der Waals surface area contributed by atoms with Gasteiger partial charge in [0.15, 0.2) is 5.43 Å². The molecule has 100 valence electrons. The Morgan fingerprint density at radius 2 is 1.75 bits per heavy atom. The van der Waals surface area contributed by atoms with Gasteiger partial charge in [0.25, 0.3) is 5.91 Å². The van der Waals surface area contributed by atoms with E-state index < -0.39 is 5.91 Å². The molecule has 0 unspecified atom stereocenters. The lowest BCUT2D eigenvalue weighted by atomic mass is 10.1. The first kappa shape index (κ1) is 12.2. The first-order chi connectivity index (χ1) is 9.63. The van der Waals surface area contributed by atoms with E-state index >= 15 is 0 Å². The molecule has 0 aliphatic rings. The molecule has 5 nitrogen and oxygen atoms in total. The van der Waals surface area contributed by atoms with E-state index in [2.05, 4.69) is 4.98 Å². The molecule has 1 amide bonds. The molecule has 0 saturated carbocycles. The highest BCUT2D eigenvalue weighted by molar-refractivity contribution is 6.07. The second-order valence-corrected chi connectivity index (χ2v) is 4.43. The number of methoxy groups -OCH3 is 1. The first-order valence-corrected chi connectivity index (χ1v) is 6.05. The molecule has 3 rings (SSSR count). The summed E-state index contributed by atoms with van der Waals surface area (Å²) in [5.74, 6) is -0.0405. The fourth-order valence-corrected chi connectivity index (χ4v) is 2.37. The Morgan fingerprint density at radius 3 is 2.40 bits per heavy atom. The minimum atomic E-state index is -0.583. The number of fused-ring (bicyclic) bond motifs is 2. The van der Waals surface area contributed by atoms with Crippen LogP contribution >= 0.6 is 0 Å². The SMILES string of the molecule is COc1cccc2c(=O)c3cccc(C(N)=O)c3[nH]c12. The summed E-state index contributed by atoms with van der Waals surface area (Å²) in [7, 11) is 1.53. The zero-order valence-electron chi connectivity index (χ0n) is 10.8. The van der Waals surface area contributed by atoms with Crippen molar-refractivity contribution in [3.8, 4) is 5.75 Å². The van der Waals surface area contributed by atoms with E-state index in [1.807, 2.05) is 0 Å². The van der Waals surface area contributed by atoms with E-state index in [0.29, 0.717) is 27.6 Å². The van der Waals surface area contributed by atoms with Gasteiger partial charge in [0, 0.05) is 10.8 Å². The Balaban J connectivity index is 2.58.